The Kier molecular flexibility index (Phi) is 7.53. The summed E-state index contributed by atoms with van der Waals surface area (Å²) < 4.78 is 5.80. The lowest BCUT2D eigenvalue weighted by Crippen LogP contribution is -2.24. The first-order valence-corrected chi connectivity index (χ1v) is 7.33. The molecule has 0 spiro atoms. The van der Waals surface area contributed by atoms with Crippen LogP contribution in [0.5, 0.6) is 0 Å². The maximum Gasteiger partial charge on any atom is 0.118 e. The first-order chi connectivity index (χ1) is 9.21. The van der Waals surface area contributed by atoms with Gasteiger partial charge in [-0.15, -0.1) is 6.58 Å². The number of rotatable bonds is 10. The van der Waals surface area contributed by atoms with E-state index in [-0.39, 0.29) is 0 Å². The van der Waals surface area contributed by atoms with Crippen LogP contribution in [0.4, 0.5) is 0 Å². The third kappa shape index (κ3) is 5.62. The summed E-state index contributed by atoms with van der Waals surface area (Å²) in [4.78, 5) is 2.40. The van der Waals surface area contributed by atoms with Gasteiger partial charge in [0.1, 0.15) is 11.5 Å². The van der Waals surface area contributed by atoms with Crippen LogP contribution in [-0.4, -0.2) is 24.5 Å². The van der Waals surface area contributed by atoms with Crippen molar-refractivity contribution in [3.05, 3.63) is 35.8 Å². The van der Waals surface area contributed by atoms with Crippen LogP contribution < -0.4 is 5.32 Å². The molecule has 1 aromatic rings. The molecule has 0 saturated heterocycles. The zero-order valence-electron chi connectivity index (χ0n) is 12.7. The smallest absolute Gasteiger partial charge is 0.118 e. The van der Waals surface area contributed by atoms with E-state index in [2.05, 4.69) is 43.6 Å². The fraction of sp³-hybridized carbons (Fsp3) is 0.625. The molecule has 0 saturated carbocycles. The molecule has 3 nitrogen and oxygen atoms in total. The number of nitrogens with one attached hydrogen (secondary N) is 1. The van der Waals surface area contributed by atoms with Crippen LogP contribution in [0.15, 0.2) is 23.1 Å². The Morgan fingerprint density at radius 2 is 2.16 bits per heavy atom. The van der Waals surface area contributed by atoms with Gasteiger partial charge >= 0.3 is 0 Å². The Balaban J connectivity index is 2.58. The summed E-state index contributed by atoms with van der Waals surface area (Å²) in [5, 5.41) is 3.37. The lowest BCUT2D eigenvalue weighted by molar-refractivity contribution is 0.293. The molecular formula is C16H28N2O. The molecule has 1 aromatic heterocycles. The lowest BCUT2D eigenvalue weighted by atomic mass is 10.2. The van der Waals surface area contributed by atoms with Crippen LogP contribution in [0.3, 0.4) is 0 Å². The molecule has 0 aliphatic rings. The summed E-state index contributed by atoms with van der Waals surface area (Å²) in [6.45, 7) is 15.1. The van der Waals surface area contributed by atoms with Crippen molar-refractivity contribution in [1.82, 2.24) is 10.2 Å². The highest BCUT2D eigenvalue weighted by atomic mass is 16.3. The van der Waals surface area contributed by atoms with Gasteiger partial charge in [-0.25, -0.2) is 0 Å². The molecule has 0 aliphatic carbocycles. The van der Waals surface area contributed by atoms with Gasteiger partial charge < -0.3 is 9.73 Å². The van der Waals surface area contributed by atoms with Crippen LogP contribution in [0.1, 0.15) is 43.8 Å². The Morgan fingerprint density at radius 1 is 1.37 bits per heavy atom. The third-order valence-corrected chi connectivity index (χ3v) is 3.12. The van der Waals surface area contributed by atoms with Crippen molar-refractivity contribution in [3.63, 3.8) is 0 Å². The monoisotopic (exact) mass is 264 g/mol. The van der Waals surface area contributed by atoms with Crippen molar-refractivity contribution in [2.75, 3.05) is 19.6 Å². The number of aryl methyl sites for hydroxylation is 1. The van der Waals surface area contributed by atoms with Gasteiger partial charge in [0, 0.05) is 18.7 Å². The number of furan rings is 1. The minimum Gasteiger partial charge on any atom is -0.465 e. The van der Waals surface area contributed by atoms with Crippen molar-refractivity contribution in [2.24, 2.45) is 0 Å². The van der Waals surface area contributed by atoms with E-state index in [0.717, 1.165) is 57.1 Å². The highest BCUT2D eigenvalue weighted by Crippen LogP contribution is 2.17. The minimum absolute atomic E-state index is 0.823. The summed E-state index contributed by atoms with van der Waals surface area (Å²) in [7, 11) is 0. The van der Waals surface area contributed by atoms with Gasteiger partial charge in [0.2, 0.25) is 0 Å². The first kappa shape index (κ1) is 16.0. The fourth-order valence-corrected chi connectivity index (χ4v) is 2.19. The minimum atomic E-state index is 0.823. The second kappa shape index (κ2) is 8.94. The molecule has 0 unspecified atom stereocenters. The molecule has 1 rings (SSSR count). The molecule has 0 radical (unpaired) electrons. The molecule has 1 heterocycles. The molecule has 3 heteroatoms. The van der Waals surface area contributed by atoms with Gasteiger partial charge in [-0.3, -0.25) is 4.90 Å². The Morgan fingerprint density at radius 3 is 2.79 bits per heavy atom. The molecule has 19 heavy (non-hydrogen) atoms. The molecule has 0 fully saturated rings. The third-order valence-electron chi connectivity index (χ3n) is 3.12. The highest BCUT2D eigenvalue weighted by Gasteiger charge is 2.10. The Hall–Kier alpha value is -1.06. The fourth-order valence-electron chi connectivity index (χ4n) is 2.19. The van der Waals surface area contributed by atoms with Crippen molar-refractivity contribution in [1.29, 1.82) is 0 Å². The molecule has 0 bridgehead atoms. The summed E-state index contributed by atoms with van der Waals surface area (Å²) in [6.07, 6.45) is 4.28. The van der Waals surface area contributed by atoms with E-state index in [1.54, 1.807) is 0 Å². The van der Waals surface area contributed by atoms with Crippen molar-refractivity contribution >= 4 is 0 Å². The van der Waals surface area contributed by atoms with E-state index in [0.29, 0.717) is 0 Å². The maximum atomic E-state index is 5.80. The van der Waals surface area contributed by atoms with E-state index >= 15 is 0 Å². The summed E-state index contributed by atoms with van der Waals surface area (Å²) >= 11 is 0. The largest absolute Gasteiger partial charge is 0.465 e. The molecule has 1 N–H and O–H groups in total. The molecule has 0 atom stereocenters. The van der Waals surface area contributed by atoms with Gasteiger partial charge in [0.05, 0.1) is 6.54 Å². The van der Waals surface area contributed by atoms with Gasteiger partial charge in [-0.2, -0.15) is 0 Å². The maximum absolute atomic E-state index is 5.80. The number of hydrogen-bond donors (Lipinski definition) is 1. The van der Waals surface area contributed by atoms with Gasteiger partial charge in [0.25, 0.3) is 0 Å². The van der Waals surface area contributed by atoms with E-state index in [4.69, 9.17) is 4.42 Å². The summed E-state index contributed by atoms with van der Waals surface area (Å²) in [6, 6.07) is 2.18. The van der Waals surface area contributed by atoms with Gasteiger partial charge in [0.15, 0.2) is 0 Å². The average molecular weight is 264 g/mol. The topological polar surface area (TPSA) is 28.4 Å². The molecular weight excluding hydrogens is 236 g/mol. The van der Waals surface area contributed by atoms with Gasteiger partial charge in [-0.05, 0) is 38.9 Å². The second-order valence-corrected chi connectivity index (χ2v) is 4.99. The Bertz CT molecular complexity index is 371. The standard InChI is InChI=1S/C16H28N2O/c1-5-8-17-12-16-11-15(14(4)19-16)13-18(9-6-2)10-7-3/h6,11,17H,2,5,7-10,12-13H2,1,3-4H3. The highest BCUT2D eigenvalue weighted by molar-refractivity contribution is 5.20. The summed E-state index contributed by atoms with van der Waals surface area (Å²) in [5.41, 5.74) is 1.29. The van der Waals surface area contributed by atoms with E-state index in [9.17, 15) is 0 Å². The van der Waals surface area contributed by atoms with Gasteiger partial charge in [-0.1, -0.05) is 19.9 Å². The quantitative estimate of drug-likeness (QED) is 0.518. The zero-order chi connectivity index (χ0) is 14.1. The van der Waals surface area contributed by atoms with Crippen LogP contribution in [0, 0.1) is 6.92 Å². The number of nitrogens with zero attached hydrogens (tertiary/aromatic N) is 1. The van der Waals surface area contributed by atoms with E-state index in [1.807, 2.05) is 6.08 Å². The number of hydrogen-bond acceptors (Lipinski definition) is 3. The molecule has 0 amide bonds. The van der Waals surface area contributed by atoms with Crippen LogP contribution >= 0.6 is 0 Å². The summed E-state index contributed by atoms with van der Waals surface area (Å²) in [5.74, 6) is 2.08. The predicted molar refractivity (Wildman–Crippen MR) is 81.2 cm³/mol. The van der Waals surface area contributed by atoms with Crippen LogP contribution in [0.2, 0.25) is 0 Å². The molecule has 108 valence electrons. The molecule has 0 aliphatic heterocycles. The van der Waals surface area contributed by atoms with E-state index in [1.165, 1.54) is 5.56 Å². The van der Waals surface area contributed by atoms with Crippen molar-refractivity contribution in [2.45, 2.75) is 46.7 Å². The molecule has 0 aromatic carbocycles. The van der Waals surface area contributed by atoms with E-state index < -0.39 is 0 Å². The zero-order valence-corrected chi connectivity index (χ0v) is 12.7. The second-order valence-electron chi connectivity index (χ2n) is 4.99. The first-order valence-electron chi connectivity index (χ1n) is 7.33. The van der Waals surface area contributed by atoms with Crippen molar-refractivity contribution < 1.29 is 4.42 Å². The Labute approximate surface area is 117 Å². The SMILES string of the molecule is C=CCN(CCC)Cc1cc(CNCCC)oc1C. The van der Waals surface area contributed by atoms with Crippen molar-refractivity contribution in [3.8, 4) is 0 Å². The normalized spacial score (nSPS) is 11.2. The lowest BCUT2D eigenvalue weighted by Gasteiger charge is -2.19. The average Bonchev–Trinajstić information content (AvgIpc) is 2.71. The van der Waals surface area contributed by atoms with Crippen LogP contribution in [0.25, 0.3) is 0 Å². The van der Waals surface area contributed by atoms with Crippen LogP contribution in [-0.2, 0) is 13.1 Å². The predicted octanol–water partition coefficient (Wildman–Crippen LogP) is 3.49.